The van der Waals surface area contributed by atoms with E-state index in [0.717, 1.165) is 61.4 Å². The van der Waals surface area contributed by atoms with Gasteiger partial charge in [0, 0.05) is 44.3 Å². The van der Waals surface area contributed by atoms with Crippen molar-refractivity contribution < 1.29 is 4.42 Å². The molecule has 11 aromatic carbocycles. The first-order valence-electron chi connectivity index (χ1n) is 22.9. The van der Waals surface area contributed by atoms with Gasteiger partial charge in [-0.1, -0.05) is 164 Å². The summed E-state index contributed by atoms with van der Waals surface area (Å²) in [5.41, 5.74) is 18.0. The number of para-hydroxylation sites is 3. The molecular formula is C64H42N2O. The van der Waals surface area contributed by atoms with Crippen molar-refractivity contribution in [2.45, 2.75) is 0 Å². The largest absolute Gasteiger partial charge is 0.456 e. The van der Waals surface area contributed by atoms with Gasteiger partial charge in [0.2, 0.25) is 0 Å². The molecule has 3 heteroatoms. The molecule has 0 bridgehead atoms. The molecule has 314 valence electrons. The minimum absolute atomic E-state index is 0.901. The van der Waals surface area contributed by atoms with Crippen molar-refractivity contribution in [1.82, 2.24) is 4.57 Å². The molecular weight excluding hydrogens is 813 g/mol. The van der Waals surface area contributed by atoms with Gasteiger partial charge in [0.05, 0.1) is 11.0 Å². The van der Waals surface area contributed by atoms with Gasteiger partial charge in [-0.2, -0.15) is 0 Å². The summed E-state index contributed by atoms with van der Waals surface area (Å²) in [5.74, 6) is 0. The summed E-state index contributed by atoms with van der Waals surface area (Å²) < 4.78 is 8.53. The van der Waals surface area contributed by atoms with Crippen LogP contribution in [0.1, 0.15) is 0 Å². The Morgan fingerprint density at radius 2 is 0.716 bits per heavy atom. The second-order valence-corrected chi connectivity index (χ2v) is 17.3. The Kier molecular flexibility index (Phi) is 9.17. The molecule has 67 heavy (non-hydrogen) atoms. The normalized spacial score (nSPS) is 11.6. The van der Waals surface area contributed by atoms with Crippen LogP contribution in [0, 0.1) is 0 Å². The molecule has 13 rings (SSSR count). The fourth-order valence-electron chi connectivity index (χ4n) is 10.0. The summed E-state index contributed by atoms with van der Waals surface area (Å²) in [4.78, 5) is 2.35. The fraction of sp³-hybridized carbons (Fsp3) is 0. The molecule has 0 amide bonds. The summed E-state index contributed by atoms with van der Waals surface area (Å²) in [6, 6.07) is 92.0. The van der Waals surface area contributed by atoms with Crippen LogP contribution in [0.25, 0.3) is 105 Å². The van der Waals surface area contributed by atoms with Crippen molar-refractivity contribution >= 4 is 71.6 Å². The van der Waals surface area contributed by atoms with Crippen LogP contribution in [0.15, 0.2) is 259 Å². The smallest absolute Gasteiger partial charge is 0.135 e. The topological polar surface area (TPSA) is 21.3 Å². The van der Waals surface area contributed by atoms with E-state index >= 15 is 0 Å². The van der Waals surface area contributed by atoms with Crippen LogP contribution < -0.4 is 4.90 Å². The zero-order valence-electron chi connectivity index (χ0n) is 36.6. The molecule has 0 unspecified atom stereocenters. The Morgan fingerprint density at radius 3 is 1.36 bits per heavy atom. The van der Waals surface area contributed by atoms with Crippen molar-refractivity contribution in [3.8, 4) is 50.2 Å². The number of hydrogen-bond acceptors (Lipinski definition) is 2. The molecule has 0 saturated carbocycles. The third kappa shape index (κ3) is 6.84. The maximum atomic E-state index is 6.15. The molecule has 0 aliphatic carbocycles. The average molecular weight is 855 g/mol. The van der Waals surface area contributed by atoms with Crippen LogP contribution >= 0.6 is 0 Å². The van der Waals surface area contributed by atoms with E-state index in [1.807, 2.05) is 12.1 Å². The summed E-state index contributed by atoms with van der Waals surface area (Å²) in [6.07, 6.45) is 0. The molecule has 0 atom stereocenters. The van der Waals surface area contributed by atoms with Crippen LogP contribution in [0.3, 0.4) is 0 Å². The van der Waals surface area contributed by atoms with Crippen molar-refractivity contribution in [1.29, 1.82) is 0 Å². The van der Waals surface area contributed by atoms with E-state index < -0.39 is 0 Å². The Hall–Kier alpha value is -8.92. The average Bonchev–Trinajstić information content (AvgIpc) is 3.95. The molecule has 0 radical (unpaired) electrons. The van der Waals surface area contributed by atoms with Crippen LogP contribution in [0.5, 0.6) is 0 Å². The molecule has 0 N–H and O–H groups in total. The molecule has 3 nitrogen and oxygen atoms in total. The lowest BCUT2D eigenvalue weighted by atomic mass is 9.97. The lowest BCUT2D eigenvalue weighted by Gasteiger charge is -2.26. The predicted molar refractivity (Wildman–Crippen MR) is 282 cm³/mol. The number of aromatic nitrogens is 1. The lowest BCUT2D eigenvalue weighted by Crippen LogP contribution is -2.09. The highest BCUT2D eigenvalue weighted by Crippen LogP contribution is 2.40. The van der Waals surface area contributed by atoms with Crippen LogP contribution in [0.2, 0.25) is 0 Å². The number of furan rings is 1. The summed E-state index contributed by atoms with van der Waals surface area (Å²) >= 11 is 0. The molecule has 2 heterocycles. The van der Waals surface area contributed by atoms with Gasteiger partial charge in [0.15, 0.2) is 0 Å². The van der Waals surface area contributed by atoms with E-state index in [4.69, 9.17) is 4.42 Å². The Balaban J connectivity index is 0.860. The highest BCUT2D eigenvalue weighted by molar-refractivity contribution is 6.09. The van der Waals surface area contributed by atoms with E-state index in [9.17, 15) is 0 Å². The number of fused-ring (bicyclic) bond motifs is 7. The van der Waals surface area contributed by atoms with Crippen LogP contribution in [-0.4, -0.2) is 4.57 Å². The van der Waals surface area contributed by atoms with E-state index in [-0.39, 0.29) is 0 Å². The van der Waals surface area contributed by atoms with Gasteiger partial charge >= 0.3 is 0 Å². The molecule has 13 aromatic rings. The highest BCUT2D eigenvalue weighted by Gasteiger charge is 2.17. The van der Waals surface area contributed by atoms with Gasteiger partial charge in [-0.05, 0) is 146 Å². The number of anilines is 3. The highest BCUT2D eigenvalue weighted by atomic mass is 16.3. The monoisotopic (exact) mass is 854 g/mol. The number of benzene rings is 11. The number of rotatable bonds is 8. The van der Waals surface area contributed by atoms with Gasteiger partial charge in [-0.15, -0.1) is 0 Å². The zero-order chi connectivity index (χ0) is 44.3. The molecule has 2 aromatic heterocycles. The van der Waals surface area contributed by atoms with Crippen molar-refractivity contribution in [2.24, 2.45) is 0 Å². The quantitative estimate of drug-likeness (QED) is 0.152. The van der Waals surface area contributed by atoms with Crippen LogP contribution in [0.4, 0.5) is 17.1 Å². The molecule has 0 saturated heterocycles. The Bertz CT molecular complexity index is 3920. The first kappa shape index (κ1) is 38.5. The summed E-state index contributed by atoms with van der Waals surface area (Å²) in [7, 11) is 0. The summed E-state index contributed by atoms with van der Waals surface area (Å²) in [5, 5.41) is 7.28. The third-order valence-corrected chi connectivity index (χ3v) is 13.4. The van der Waals surface area contributed by atoms with E-state index in [1.165, 1.54) is 60.4 Å². The third-order valence-electron chi connectivity index (χ3n) is 13.4. The number of nitrogens with zero attached hydrogens (tertiary/aromatic N) is 2. The maximum absolute atomic E-state index is 6.15. The minimum Gasteiger partial charge on any atom is -0.456 e. The first-order valence-corrected chi connectivity index (χ1v) is 22.9. The van der Waals surface area contributed by atoms with Crippen molar-refractivity contribution in [3.05, 3.63) is 255 Å². The molecule has 0 aliphatic heterocycles. The van der Waals surface area contributed by atoms with Crippen LogP contribution in [-0.2, 0) is 0 Å². The Labute approximate surface area is 388 Å². The van der Waals surface area contributed by atoms with Gasteiger partial charge in [-0.25, -0.2) is 0 Å². The van der Waals surface area contributed by atoms with Gasteiger partial charge in [0.25, 0.3) is 0 Å². The maximum Gasteiger partial charge on any atom is 0.135 e. The first-order chi connectivity index (χ1) is 33.2. The summed E-state index contributed by atoms with van der Waals surface area (Å²) in [6.45, 7) is 0. The van der Waals surface area contributed by atoms with Gasteiger partial charge in [0.1, 0.15) is 11.2 Å². The second kappa shape index (κ2) is 16.0. The second-order valence-electron chi connectivity index (χ2n) is 17.3. The minimum atomic E-state index is 0.901. The lowest BCUT2D eigenvalue weighted by molar-refractivity contribution is 0.669. The zero-order valence-corrected chi connectivity index (χ0v) is 36.6. The molecule has 0 aliphatic rings. The van der Waals surface area contributed by atoms with E-state index in [0.29, 0.717) is 0 Å². The van der Waals surface area contributed by atoms with Crippen molar-refractivity contribution in [2.75, 3.05) is 4.90 Å². The fourth-order valence-corrected chi connectivity index (χ4v) is 10.0. The van der Waals surface area contributed by atoms with E-state index in [1.54, 1.807) is 0 Å². The van der Waals surface area contributed by atoms with Crippen molar-refractivity contribution in [3.63, 3.8) is 0 Å². The Morgan fingerprint density at radius 1 is 0.269 bits per heavy atom. The molecule has 0 fully saturated rings. The van der Waals surface area contributed by atoms with Gasteiger partial charge in [-0.3, -0.25) is 0 Å². The predicted octanol–water partition coefficient (Wildman–Crippen LogP) is 18.0. The van der Waals surface area contributed by atoms with Gasteiger partial charge < -0.3 is 13.9 Å². The number of hydrogen-bond donors (Lipinski definition) is 0. The SMILES string of the molecule is c1cc(-c2ccc(N(c3ccc(-c4cccc(-n5c6ccccc6c6ccccc65)c4)cc3)c3ccc(-c4ccc5oc6ccccc6c5c4)cc3)cc2)cc(-c2ccc3ccccc3c2)c1. The van der Waals surface area contributed by atoms with E-state index in [2.05, 4.69) is 252 Å². The molecule has 0 spiro atoms. The standard InChI is InChI=1S/C64H42N2O/c1-2-12-47-40-51(24-23-43(47)11-1)49-14-9-13-48(39-49)44-25-32-53(33-26-44)65(55-36-29-46(30-37-55)52-31-38-64-60(42-52)59-19-5-8-22-63(59)67-64)54-34-27-45(28-35-54)50-15-10-16-56(41-50)66-61-20-6-3-17-57(61)58-18-4-7-21-62(58)66/h1-42H.